The van der Waals surface area contributed by atoms with E-state index in [0.29, 0.717) is 17.6 Å². The second kappa shape index (κ2) is 5.74. The van der Waals surface area contributed by atoms with E-state index in [1.807, 2.05) is 20.8 Å². The maximum Gasteiger partial charge on any atom is 0.293 e. The van der Waals surface area contributed by atoms with Gasteiger partial charge in [0, 0.05) is 29.9 Å². The predicted molar refractivity (Wildman–Crippen MR) is 76.5 cm³/mol. The Balaban J connectivity index is 3.09. The first kappa shape index (κ1) is 15.0. The molecule has 1 N–H and O–H groups in total. The highest BCUT2D eigenvalue weighted by molar-refractivity contribution is 6.18. The Morgan fingerprint density at radius 2 is 2.06 bits per heavy atom. The number of hydrogen-bond donors (Lipinski definition) is 1. The molecule has 18 heavy (non-hydrogen) atoms. The van der Waals surface area contributed by atoms with Gasteiger partial charge in [0.25, 0.3) is 5.56 Å². The number of halogens is 1. The molecule has 1 atom stereocenters. The fourth-order valence-electron chi connectivity index (χ4n) is 1.60. The van der Waals surface area contributed by atoms with Crippen LogP contribution in [0.2, 0.25) is 0 Å². The number of alkyl halides is 1. The smallest absolute Gasteiger partial charge is 0.293 e. The second-order valence-corrected chi connectivity index (χ2v) is 6.08. The summed E-state index contributed by atoms with van der Waals surface area (Å²) in [6.07, 6.45) is 3.35. The monoisotopic (exact) mass is 271 g/mol. The van der Waals surface area contributed by atoms with Crippen LogP contribution in [0.3, 0.4) is 0 Å². The van der Waals surface area contributed by atoms with Crippen molar-refractivity contribution in [2.24, 2.45) is 5.92 Å². The molecule has 1 heterocycles. The molecule has 0 aliphatic carbocycles. The molecule has 102 valence electrons. The van der Waals surface area contributed by atoms with Crippen molar-refractivity contribution in [1.82, 2.24) is 9.55 Å². The van der Waals surface area contributed by atoms with Crippen molar-refractivity contribution in [2.45, 2.75) is 46.2 Å². The lowest BCUT2D eigenvalue weighted by molar-refractivity contribution is 0.382. The van der Waals surface area contributed by atoms with Crippen LogP contribution in [0.5, 0.6) is 0 Å². The van der Waals surface area contributed by atoms with Crippen molar-refractivity contribution in [3.05, 3.63) is 22.7 Å². The molecule has 0 saturated carbocycles. The van der Waals surface area contributed by atoms with Crippen molar-refractivity contribution in [1.29, 1.82) is 0 Å². The Bertz CT molecular complexity index is 448. The Morgan fingerprint density at radius 1 is 1.44 bits per heavy atom. The summed E-state index contributed by atoms with van der Waals surface area (Å²) >= 11 is 5.90. The molecule has 0 aliphatic rings. The van der Waals surface area contributed by atoms with E-state index >= 15 is 0 Å². The van der Waals surface area contributed by atoms with Gasteiger partial charge in [-0.2, -0.15) is 0 Å². The first-order valence-electron chi connectivity index (χ1n) is 6.18. The van der Waals surface area contributed by atoms with Crippen LogP contribution in [0.15, 0.2) is 17.2 Å². The highest BCUT2D eigenvalue weighted by Crippen LogP contribution is 2.13. The van der Waals surface area contributed by atoms with Gasteiger partial charge in [-0.3, -0.25) is 4.79 Å². The summed E-state index contributed by atoms with van der Waals surface area (Å²) in [5.74, 6) is 1.15. The molecule has 0 radical (unpaired) electrons. The van der Waals surface area contributed by atoms with E-state index in [1.54, 1.807) is 17.0 Å². The predicted octanol–water partition coefficient (Wildman–Crippen LogP) is 2.67. The lowest BCUT2D eigenvalue weighted by Crippen LogP contribution is -2.38. The van der Waals surface area contributed by atoms with Gasteiger partial charge in [0.2, 0.25) is 0 Å². The lowest BCUT2D eigenvalue weighted by atomic mass is 10.1. The molecule has 0 spiro atoms. The molecule has 1 aromatic heterocycles. The van der Waals surface area contributed by atoms with E-state index < -0.39 is 0 Å². The fourth-order valence-corrected chi connectivity index (χ4v) is 2.03. The quantitative estimate of drug-likeness (QED) is 0.857. The number of aromatic nitrogens is 2. The molecular formula is C13H22ClN3O. The molecular weight excluding hydrogens is 250 g/mol. The highest BCUT2D eigenvalue weighted by atomic mass is 35.5. The van der Waals surface area contributed by atoms with E-state index in [-0.39, 0.29) is 17.1 Å². The zero-order valence-corrected chi connectivity index (χ0v) is 12.5. The van der Waals surface area contributed by atoms with Gasteiger partial charge < -0.3 is 9.88 Å². The summed E-state index contributed by atoms with van der Waals surface area (Å²) in [6.45, 7) is 10.1. The Labute approximate surface area is 113 Å². The minimum absolute atomic E-state index is 0.0442. The van der Waals surface area contributed by atoms with Gasteiger partial charge in [-0.25, -0.2) is 4.98 Å². The third kappa shape index (κ3) is 3.48. The minimum atomic E-state index is -0.259. The van der Waals surface area contributed by atoms with Gasteiger partial charge in [-0.1, -0.05) is 13.8 Å². The van der Waals surface area contributed by atoms with Crippen LogP contribution in [0.25, 0.3) is 0 Å². The standard InChI is InChI=1S/C13H22ClN3O/c1-9(2)10(8-14)16-11-12(18)17(7-6-15-11)13(3,4)5/h6-7,9-10H,8H2,1-5H3,(H,15,16). The molecule has 1 aromatic rings. The second-order valence-electron chi connectivity index (χ2n) is 5.77. The van der Waals surface area contributed by atoms with Crippen molar-refractivity contribution in [3.63, 3.8) is 0 Å². The lowest BCUT2D eigenvalue weighted by Gasteiger charge is -2.24. The van der Waals surface area contributed by atoms with Crippen molar-refractivity contribution in [3.8, 4) is 0 Å². The zero-order valence-electron chi connectivity index (χ0n) is 11.7. The average molecular weight is 272 g/mol. The van der Waals surface area contributed by atoms with Crippen LogP contribution in [-0.2, 0) is 5.54 Å². The third-order valence-electron chi connectivity index (χ3n) is 2.86. The van der Waals surface area contributed by atoms with Gasteiger partial charge in [0.15, 0.2) is 5.82 Å². The maximum absolute atomic E-state index is 12.3. The summed E-state index contributed by atoms with van der Waals surface area (Å²) in [6, 6.07) is 0.0442. The number of rotatable bonds is 4. The minimum Gasteiger partial charge on any atom is -0.361 e. The van der Waals surface area contributed by atoms with Gasteiger partial charge in [0.1, 0.15) is 0 Å². The summed E-state index contributed by atoms with van der Waals surface area (Å²) < 4.78 is 1.67. The molecule has 0 bridgehead atoms. The van der Waals surface area contributed by atoms with Crippen molar-refractivity contribution in [2.75, 3.05) is 11.2 Å². The first-order chi connectivity index (χ1) is 8.27. The molecule has 1 rings (SSSR count). The molecule has 1 unspecified atom stereocenters. The van der Waals surface area contributed by atoms with E-state index in [2.05, 4.69) is 24.1 Å². The zero-order chi connectivity index (χ0) is 13.9. The first-order valence-corrected chi connectivity index (χ1v) is 6.71. The topological polar surface area (TPSA) is 46.9 Å². The van der Waals surface area contributed by atoms with E-state index in [9.17, 15) is 4.79 Å². The molecule has 4 nitrogen and oxygen atoms in total. The molecule has 5 heteroatoms. The van der Waals surface area contributed by atoms with Gasteiger partial charge >= 0.3 is 0 Å². The summed E-state index contributed by atoms with van der Waals surface area (Å²) in [7, 11) is 0. The van der Waals surface area contributed by atoms with Crippen LogP contribution in [0.4, 0.5) is 5.82 Å². The molecule has 0 saturated heterocycles. The summed E-state index contributed by atoms with van der Waals surface area (Å²) in [5, 5.41) is 3.13. The third-order valence-corrected chi connectivity index (χ3v) is 3.19. The molecule has 0 amide bonds. The van der Waals surface area contributed by atoms with Gasteiger partial charge in [-0.05, 0) is 26.7 Å². The molecule has 0 aromatic carbocycles. The fraction of sp³-hybridized carbons (Fsp3) is 0.692. The SMILES string of the molecule is CC(C)C(CCl)Nc1nccn(C(C)(C)C)c1=O. The molecule has 0 aliphatic heterocycles. The highest BCUT2D eigenvalue weighted by Gasteiger charge is 2.19. The average Bonchev–Trinajstić information content (AvgIpc) is 2.25. The van der Waals surface area contributed by atoms with E-state index in [1.165, 1.54) is 0 Å². The number of nitrogens with zero attached hydrogens (tertiary/aromatic N) is 2. The number of nitrogens with one attached hydrogen (secondary N) is 1. The Hall–Kier alpha value is -1.03. The van der Waals surface area contributed by atoms with E-state index in [0.717, 1.165) is 0 Å². The largest absolute Gasteiger partial charge is 0.361 e. The maximum atomic E-state index is 12.3. The van der Waals surface area contributed by atoms with Crippen molar-refractivity contribution < 1.29 is 0 Å². The van der Waals surface area contributed by atoms with Crippen LogP contribution >= 0.6 is 11.6 Å². The van der Waals surface area contributed by atoms with Crippen LogP contribution < -0.4 is 10.9 Å². The summed E-state index contributed by atoms with van der Waals surface area (Å²) in [4.78, 5) is 16.4. The summed E-state index contributed by atoms with van der Waals surface area (Å²) in [5.41, 5.74) is -0.370. The Morgan fingerprint density at radius 3 is 2.50 bits per heavy atom. The number of anilines is 1. The van der Waals surface area contributed by atoms with Gasteiger partial charge in [0.05, 0.1) is 0 Å². The van der Waals surface area contributed by atoms with E-state index in [4.69, 9.17) is 11.6 Å². The molecule has 0 fully saturated rings. The normalized spacial score (nSPS) is 13.7. The number of hydrogen-bond acceptors (Lipinski definition) is 3. The van der Waals surface area contributed by atoms with Crippen LogP contribution in [0, 0.1) is 5.92 Å². The van der Waals surface area contributed by atoms with Crippen molar-refractivity contribution >= 4 is 17.4 Å². The van der Waals surface area contributed by atoms with Crippen LogP contribution in [0.1, 0.15) is 34.6 Å². The van der Waals surface area contributed by atoms with Crippen LogP contribution in [-0.4, -0.2) is 21.5 Å². The van der Waals surface area contributed by atoms with Gasteiger partial charge in [-0.15, -0.1) is 11.6 Å². The Kier molecular flexibility index (Phi) is 4.79.